The first kappa shape index (κ1) is 15.3. The van der Waals surface area contributed by atoms with E-state index in [1.165, 1.54) is 0 Å². The van der Waals surface area contributed by atoms with Crippen molar-refractivity contribution in [3.63, 3.8) is 0 Å². The van der Waals surface area contributed by atoms with E-state index in [4.69, 9.17) is 9.84 Å². The number of hydrogen-bond acceptors (Lipinski definition) is 3. The van der Waals surface area contributed by atoms with Gasteiger partial charge in [0, 0.05) is 18.7 Å². The molecule has 1 aliphatic rings. The van der Waals surface area contributed by atoms with Gasteiger partial charge >= 0.3 is 6.09 Å². The molecule has 3 unspecified atom stereocenters. The molecule has 0 saturated carbocycles. The van der Waals surface area contributed by atoms with Crippen LogP contribution in [0.3, 0.4) is 0 Å². The monoisotopic (exact) mass is 257 g/mol. The highest BCUT2D eigenvalue weighted by Crippen LogP contribution is 2.34. The topological polar surface area (TPSA) is 49.8 Å². The Bertz CT molecular complexity index is 285. The predicted octanol–water partition coefficient (Wildman–Crippen LogP) is 2.79. The van der Waals surface area contributed by atoms with E-state index < -0.39 is 5.60 Å². The number of aliphatic hydroxyl groups excluding tert-OH is 1. The maximum absolute atomic E-state index is 12.3. The minimum atomic E-state index is -0.467. The van der Waals surface area contributed by atoms with Crippen molar-refractivity contribution >= 4 is 6.09 Å². The molecule has 18 heavy (non-hydrogen) atoms. The summed E-state index contributed by atoms with van der Waals surface area (Å²) in [5, 5.41) is 9.16. The number of nitrogens with zero attached hydrogens (tertiary/aromatic N) is 1. The first-order valence-electron chi connectivity index (χ1n) is 6.92. The van der Waals surface area contributed by atoms with Gasteiger partial charge in [0.25, 0.3) is 0 Å². The summed E-state index contributed by atoms with van der Waals surface area (Å²) < 4.78 is 5.48. The molecular weight excluding hydrogens is 230 g/mol. The highest BCUT2D eigenvalue weighted by atomic mass is 16.6. The molecule has 4 heteroatoms. The van der Waals surface area contributed by atoms with Gasteiger partial charge < -0.3 is 14.7 Å². The lowest BCUT2D eigenvalue weighted by Crippen LogP contribution is -2.45. The first-order valence-corrected chi connectivity index (χ1v) is 6.92. The summed E-state index contributed by atoms with van der Waals surface area (Å²) in [6, 6.07) is 0.348. The molecule has 1 fully saturated rings. The van der Waals surface area contributed by atoms with Gasteiger partial charge in [0.05, 0.1) is 0 Å². The molecule has 106 valence electrons. The second-order valence-electron chi connectivity index (χ2n) is 6.24. The number of ether oxygens (including phenoxy) is 1. The third kappa shape index (κ3) is 3.61. The van der Waals surface area contributed by atoms with Crippen molar-refractivity contribution in [1.82, 2.24) is 4.90 Å². The van der Waals surface area contributed by atoms with Crippen LogP contribution in [0.25, 0.3) is 0 Å². The SMILES string of the molecule is CCC1CC(C)C(CCO)N1C(=O)OC(C)(C)C. The van der Waals surface area contributed by atoms with Gasteiger partial charge in [0.1, 0.15) is 5.60 Å². The number of carbonyl (C=O) groups excluding carboxylic acids is 1. The van der Waals surface area contributed by atoms with Crippen LogP contribution in [0.1, 0.15) is 53.9 Å². The minimum absolute atomic E-state index is 0.106. The molecule has 3 atom stereocenters. The molecule has 0 aromatic carbocycles. The molecule has 1 rings (SSSR count). The van der Waals surface area contributed by atoms with E-state index in [0.717, 1.165) is 12.8 Å². The lowest BCUT2D eigenvalue weighted by Gasteiger charge is -2.32. The molecule has 1 amide bonds. The summed E-state index contributed by atoms with van der Waals surface area (Å²) in [5.41, 5.74) is -0.467. The lowest BCUT2D eigenvalue weighted by molar-refractivity contribution is 0.0107. The van der Waals surface area contributed by atoms with Gasteiger partial charge in [-0.05, 0) is 46.0 Å². The zero-order chi connectivity index (χ0) is 13.9. The number of aliphatic hydroxyl groups is 1. The van der Waals surface area contributed by atoms with Gasteiger partial charge in [-0.1, -0.05) is 13.8 Å². The second-order valence-corrected chi connectivity index (χ2v) is 6.24. The molecule has 1 saturated heterocycles. The lowest BCUT2D eigenvalue weighted by atomic mass is 9.99. The van der Waals surface area contributed by atoms with Crippen molar-refractivity contribution in [1.29, 1.82) is 0 Å². The van der Waals surface area contributed by atoms with Crippen LogP contribution < -0.4 is 0 Å². The molecule has 0 aromatic heterocycles. The van der Waals surface area contributed by atoms with Crippen LogP contribution >= 0.6 is 0 Å². The van der Waals surface area contributed by atoms with E-state index in [0.29, 0.717) is 12.3 Å². The van der Waals surface area contributed by atoms with Crippen molar-refractivity contribution in [3.8, 4) is 0 Å². The van der Waals surface area contributed by atoms with E-state index in [-0.39, 0.29) is 24.8 Å². The predicted molar refractivity (Wildman–Crippen MR) is 71.4 cm³/mol. The number of likely N-dealkylation sites (tertiary alicyclic amines) is 1. The van der Waals surface area contributed by atoms with Crippen molar-refractivity contribution in [2.24, 2.45) is 5.92 Å². The van der Waals surface area contributed by atoms with Crippen LogP contribution in [-0.4, -0.2) is 40.4 Å². The molecule has 0 radical (unpaired) electrons. The van der Waals surface area contributed by atoms with E-state index in [1.54, 1.807) is 0 Å². The van der Waals surface area contributed by atoms with Crippen molar-refractivity contribution in [2.75, 3.05) is 6.61 Å². The fraction of sp³-hybridized carbons (Fsp3) is 0.929. The highest BCUT2D eigenvalue weighted by Gasteiger charge is 2.42. The fourth-order valence-electron chi connectivity index (χ4n) is 2.76. The van der Waals surface area contributed by atoms with E-state index in [2.05, 4.69) is 13.8 Å². The quantitative estimate of drug-likeness (QED) is 0.845. The number of amides is 1. The molecule has 1 N–H and O–H groups in total. The fourth-order valence-corrected chi connectivity index (χ4v) is 2.76. The number of rotatable bonds is 3. The van der Waals surface area contributed by atoms with Gasteiger partial charge in [0.15, 0.2) is 0 Å². The average Bonchev–Trinajstić information content (AvgIpc) is 2.54. The first-order chi connectivity index (χ1) is 8.30. The normalized spacial score (nSPS) is 28.6. The van der Waals surface area contributed by atoms with Gasteiger partial charge in [-0.2, -0.15) is 0 Å². The summed E-state index contributed by atoms with van der Waals surface area (Å²) >= 11 is 0. The zero-order valence-electron chi connectivity index (χ0n) is 12.3. The average molecular weight is 257 g/mol. The van der Waals surface area contributed by atoms with Gasteiger partial charge in [-0.3, -0.25) is 0 Å². The van der Waals surface area contributed by atoms with Crippen molar-refractivity contribution in [2.45, 2.75) is 71.6 Å². The molecule has 0 bridgehead atoms. The highest BCUT2D eigenvalue weighted by molar-refractivity contribution is 5.69. The van der Waals surface area contributed by atoms with Crippen LogP contribution in [0.4, 0.5) is 4.79 Å². The van der Waals surface area contributed by atoms with E-state index in [9.17, 15) is 4.79 Å². The molecule has 0 spiro atoms. The summed E-state index contributed by atoms with van der Waals surface area (Å²) in [4.78, 5) is 14.1. The second kappa shape index (κ2) is 5.91. The minimum Gasteiger partial charge on any atom is -0.444 e. The maximum Gasteiger partial charge on any atom is 0.410 e. The molecular formula is C14H27NO3. The Hall–Kier alpha value is -0.770. The summed E-state index contributed by atoms with van der Waals surface area (Å²) in [5.74, 6) is 0.426. The van der Waals surface area contributed by atoms with Crippen LogP contribution in [0.5, 0.6) is 0 Å². The molecule has 4 nitrogen and oxygen atoms in total. The van der Waals surface area contributed by atoms with Crippen LogP contribution in [0, 0.1) is 5.92 Å². The van der Waals surface area contributed by atoms with Crippen molar-refractivity contribution < 1.29 is 14.6 Å². The van der Waals surface area contributed by atoms with Crippen molar-refractivity contribution in [3.05, 3.63) is 0 Å². The van der Waals surface area contributed by atoms with Crippen LogP contribution in [0.2, 0.25) is 0 Å². The van der Waals surface area contributed by atoms with Crippen LogP contribution in [0.15, 0.2) is 0 Å². The number of carbonyl (C=O) groups is 1. The third-order valence-corrected chi connectivity index (χ3v) is 3.55. The summed E-state index contributed by atoms with van der Waals surface area (Å²) in [6.07, 6.45) is 2.33. The Kier molecular flexibility index (Phi) is 5.02. The van der Waals surface area contributed by atoms with Gasteiger partial charge in [-0.15, -0.1) is 0 Å². The molecule has 0 aliphatic carbocycles. The Morgan fingerprint density at radius 2 is 2.06 bits per heavy atom. The van der Waals surface area contributed by atoms with Crippen LogP contribution in [-0.2, 0) is 4.74 Å². The zero-order valence-corrected chi connectivity index (χ0v) is 12.3. The Balaban J connectivity index is 2.82. The van der Waals surface area contributed by atoms with Gasteiger partial charge in [-0.25, -0.2) is 4.79 Å². The van der Waals surface area contributed by atoms with Gasteiger partial charge in [0.2, 0.25) is 0 Å². The summed E-state index contributed by atoms with van der Waals surface area (Å²) in [6.45, 7) is 10.00. The smallest absolute Gasteiger partial charge is 0.410 e. The third-order valence-electron chi connectivity index (χ3n) is 3.55. The Morgan fingerprint density at radius 3 is 2.50 bits per heavy atom. The standard InChI is InChI=1S/C14H27NO3/c1-6-11-9-10(2)12(7-8-16)15(11)13(17)18-14(3,4)5/h10-12,16H,6-9H2,1-5H3. The number of hydrogen-bond donors (Lipinski definition) is 1. The Morgan fingerprint density at radius 1 is 1.44 bits per heavy atom. The molecule has 1 heterocycles. The van der Waals surface area contributed by atoms with E-state index in [1.807, 2.05) is 25.7 Å². The largest absolute Gasteiger partial charge is 0.444 e. The molecule has 0 aromatic rings. The van der Waals surface area contributed by atoms with E-state index >= 15 is 0 Å². The Labute approximate surface area is 110 Å². The summed E-state index contributed by atoms with van der Waals surface area (Å²) in [7, 11) is 0. The molecule has 1 aliphatic heterocycles. The maximum atomic E-state index is 12.3.